The Labute approximate surface area is 163 Å². The van der Waals surface area contributed by atoms with E-state index in [0.717, 1.165) is 5.56 Å². The number of imidazole rings is 1. The highest BCUT2D eigenvalue weighted by Crippen LogP contribution is 2.21. The standard InChI is InChI=1S/C17H18ClN5O3S/c1-3-8-27(26)16-21-14(19-10(2)24)13-15(22-16)23(17(25)20-13)9-11-4-6-12(18)7-5-11/h4-7H,3,8-9H2,1-2H3,(H,20,25)(H,19,21,22,24). The van der Waals surface area contributed by atoms with Crippen molar-refractivity contribution in [1.82, 2.24) is 19.5 Å². The fourth-order valence-electron chi connectivity index (χ4n) is 2.56. The van der Waals surface area contributed by atoms with Gasteiger partial charge < -0.3 is 14.9 Å². The van der Waals surface area contributed by atoms with Crippen LogP contribution < -0.4 is 11.0 Å². The van der Waals surface area contributed by atoms with Crippen LogP contribution in [0.1, 0.15) is 25.8 Å². The topological polar surface area (TPSA) is 116 Å². The van der Waals surface area contributed by atoms with Crippen molar-refractivity contribution in [3.63, 3.8) is 0 Å². The van der Waals surface area contributed by atoms with Crippen molar-refractivity contribution < 1.29 is 9.35 Å². The lowest BCUT2D eigenvalue weighted by atomic mass is 10.2. The van der Waals surface area contributed by atoms with Crippen molar-refractivity contribution in [3.8, 4) is 0 Å². The van der Waals surface area contributed by atoms with Gasteiger partial charge in [0.1, 0.15) is 11.3 Å². The first kappa shape index (κ1) is 19.4. The molecule has 0 saturated heterocycles. The van der Waals surface area contributed by atoms with Gasteiger partial charge in [-0.1, -0.05) is 30.7 Å². The van der Waals surface area contributed by atoms with Gasteiger partial charge in [-0.2, -0.15) is 9.97 Å². The molecule has 1 aromatic carbocycles. The first-order chi connectivity index (χ1) is 12.9. The Morgan fingerprint density at radius 1 is 1.33 bits per heavy atom. The second-order valence-electron chi connectivity index (χ2n) is 5.93. The summed E-state index contributed by atoms with van der Waals surface area (Å²) in [6, 6.07) is 7.08. The number of aromatic amines is 1. The maximum Gasteiger partial charge on any atom is 0.346 e. The van der Waals surface area contributed by atoms with Gasteiger partial charge in [-0.15, -0.1) is 0 Å². The molecule has 1 unspecified atom stereocenters. The molecule has 0 aliphatic rings. The Bertz CT molecular complexity index is 1030. The number of nitrogens with zero attached hydrogens (tertiary/aromatic N) is 3. The fourth-order valence-corrected chi connectivity index (χ4v) is 3.63. The third kappa shape index (κ3) is 4.32. The van der Waals surface area contributed by atoms with Crippen LogP contribution >= 0.6 is 11.6 Å². The maximum atomic E-state index is 12.5. The van der Waals surface area contributed by atoms with E-state index < -0.39 is 16.9 Å². The van der Waals surface area contributed by atoms with Gasteiger partial charge in [0.25, 0.3) is 0 Å². The van der Waals surface area contributed by atoms with Crippen LogP contribution in [0.25, 0.3) is 11.2 Å². The molecule has 27 heavy (non-hydrogen) atoms. The smallest absolute Gasteiger partial charge is 0.346 e. The molecule has 0 fully saturated rings. The fraction of sp³-hybridized carbons (Fsp3) is 0.294. The van der Waals surface area contributed by atoms with Crippen molar-refractivity contribution in [1.29, 1.82) is 0 Å². The predicted molar refractivity (Wildman–Crippen MR) is 105 cm³/mol. The largest absolute Gasteiger partial charge is 0.609 e. The summed E-state index contributed by atoms with van der Waals surface area (Å²) in [6.07, 6.45) is 0.689. The Morgan fingerprint density at radius 3 is 2.67 bits per heavy atom. The first-order valence-corrected chi connectivity index (χ1v) is 9.99. The van der Waals surface area contributed by atoms with E-state index in [9.17, 15) is 14.1 Å². The maximum absolute atomic E-state index is 12.5. The molecule has 0 aliphatic carbocycles. The van der Waals surface area contributed by atoms with Crippen molar-refractivity contribution in [2.45, 2.75) is 32.0 Å². The molecule has 1 amide bonds. The Morgan fingerprint density at radius 2 is 2.04 bits per heavy atom. The molecule has 0 bridgehead atoms. The SMILES string of the molecule is CCC[S+]([O-])c1nc(NC(C)=O)c2[nH]c(=O)n(Cc3ccc(Cl)cc3)c2n1. The lowest BCUT2D eigenvalue weighted by Gasteiger charge is -2.10. The number of carbonyl (C=O) groups is 1. The van der Waals surface area contributed by atoms with Gasteiger partial charge in [0.05, 0.1) is 6.54 Å². The van der Waals surface area contributed by atoms with Gasteiger partial charge in [-0.3, -0.25) is 9.36 Å². The second kappa shape index (κ2) is 8.12. The minimum absolute atomic E-state index is 0.0805. The average molecular weight is 408 g/mol. The number of amides is 1. The molecule has 0 radical (unpaired) electrons. The molecule has 3 aromatic rings. The lowest BCUT2D eigenvalue weighted by molar-refractivity contribution is -0.114. The van der Waals surface area contributed by atoms with E-state index in [4.69, 9.17) is 11.6 Å². The van der Waals surface area contributed by atoms with E-state index in [0.29, 0.717) is 22.7 Å². The average Bonchev–Trinajstić information content (AvgIpc) is 2.93. The van der Waals surface area contributed by atoms with Crippen LogP contribution in [0.2, 0.25) is 5.02 Å². The molecule has 0 aliphatic heterocycles. The number of rotatable bonds is 6. The summed E-state index contributed by atoms with van der Waals surface area (Å²) in [7, 11) is 0. The summed E-state index contributed by atoms with van der Waals surface area (Å²) in [5.74, 6) is 0.170. The molecule has 1 atom stereocenters. The molecule has 2 N–H and O–H groups in total. The number of aromatic nitrogens is 4. The Hall–Kier alpha value is -2.36. The summed E-state index contributed by atoms with van der Waals surface area (Å²) >= 11 is 4.47. The van der Waals surface area contributed by atoms with Crippen LogP contribution in [-0.2, 0) is 22.5 Å². The molecular weight excluding hydrogens is 390 g/mol. The third-order valence-corrected chi connectivity index (χ3v) is 5.36. The molecule has 8 nitrogen and oxygen atoms in total. The minimum Gasteiger partial charge on any atom is -0.609 e. The lowest BCUT2D eigenvalue weighted by Crippen LogP contribution is -2.18. The summed E-state index contributed by atoms with van der Waals surface area (Å²) in [5.41, 5.74) is 1.02. The van der Waals surface area contributed by atoms with Crippen molar-refractivity contribution >= 4 is 45.7 Å². The summed E-state index contributed by atoms with van der Waals surface area (Å²) in [4.78, 5) is 35.2. The number of hydrogen-bond acceptors (Lipinski definition) is 5. The van der Waals surface area contributed by atoms with Crippen LogP contribution in [0.5, 0.6) is 0 Å². The van der Waals surface area contributed by atoms with Gasteiger partial charge in [0, 0.05) is 23.1 Å². The number of hydrogen-bond donors (Lipinski definition) is 2. The number of anilines is 1. The summed E-state index contributed by atoms with van der Waals surface area (Å²) < 4.78 is 13.8. The van der Waals surface area contributed by atoms with Crippen LogP contribution in [0.15, 0.2) is 34.2 Å². The molecule has 0 spiro atoms. The number of fused-ring (bicyclic) bond motifs is 1. The molecule has 3 rings (SSSR count). The van der Waals surface area contributed by atoms with E-state index in [2.05, 4.69) is 20.3 Å². The van der Waals surface area contributed by atoms with E-state index in [1.807, 2.05) is 6.92 Å². The minimum atomic E-state index is -1.43. The Balaban J connectivity index is 2.14. The van der Waals surface area contributed by atoms with Crippen molar-refractivity contribution in [2.75, 3.05) is 11.1 Å². The number of carbonyl (C=O) groups excluding carboxylic acids is 1. The van der Waals surface area contributed by atoms with Gasteiger partial charge in [-0.05, 0) is 24.1 Å². The summed E-state index contributed by atoms with van der Waals surface area (Å²) in [5, 5.41) is 3.25. The van der Waals surface area contributed by atoms with E-state index in [1.165, 1.54) is 11.5 Å². The summed E-state index contributed by atoms with van der Waals surface area (Å²) in [6.45, 7) is 3.48. The normalized spacial score (nSPS) is 12.3. The monoisotopic (exact) mass is 407 g/mol. The van der Waals surface area contributed by atoms with E-state index in [1.54, 1.807) is 24.3 Å². The molecule has 0 saturated carbocycles. The van der Waals surface area contributed by atoms with Gasteiger partial charge in [-0.25, -0.2) is 4.79 Å². The zero-order chi connectivity index (χ0) is 19.6. The highest BCUT2D eigenvalue weighted by Gasteiger charge is 2.22. The highest BCUT2D eigenvalue weighted by molar-refractivity contribution is 7.91. The molecule has 142 valence electrons. The number of H-pyrrole nitrogens is 1. The van der Waals surface area contributed by atoms with Crippen LogP contribution in [0, 0.1) is 0 Å². The van der Waals surface area contributed by atoms with Crippen LogP contribution in [-0.4, -0.2) is 35.7 Å². The third-order valence-electron chi connectivity index (χ3n) is 3.74. The van der Waals surface area contributed by atoms with Gasteiger partial charge in [0.15, 0.2) is 11.5 Å². The van der Waals surface area contributed by atoms with Crippen molar-refractivity contribution in [2.24, 2.45) is 0 Å². The van der Waals surface area contributed by atoms with E-state index in [-0.39, 0.29) is 29.1 Å². The molecular formula is C17H18ClN5O3S. The predicted octanol–water partition coefficient (Wildman–Crippen LogP) is 2.30. The Kier molecular flexibility index (Phi) is 5.83. The second-order valence-corrected chi connectivity index (χ2v) is 7.83. The van der Waals surface area contributed by atoms with Crippen LogP contribution in [0.4, 0.5) is 5.82 Å². The van der Waals surface area contributed by atoms with Gasteiger partial charge >= 0.3 is 10.8 Å². The molecule has 10 heteroatoms. The first-order valence-electron chi connectivity index (χ1n) is 8.30. The van der Waals surface area contributed by atoms with Gasteiger partial charge in [0.2, 0.25) is 5.91 Å². The van der Waals surface area contributed by atoms with E-state index >= 15 is 0 Å². The number of benzene rings is 1. The zero-order valence-corrected chi connectivity index (χ0v) is 16.4. The molecule has 2 heterocycles. The number of nitrogens with one attached hydrogen (secondary N) is 2. The molecule has 2 aromatic heterocycles. The zero-order valence-electron chi connectivity index (χ0n) is 14.8. The number of halogens is 1. The quantitative estimate of drug-likeness (QED) is 0.480. The van der Waals surface area contributed by atoms with Crippen molar-refractivity contribution in [3.05, 3.63) is 45.3 Å². The highest BCUT2D eigenvalue weighted by atomic mass is 35.5. The van der Waals surface area contributed by atoms with Crippen LogP contribution in [0.3, 0.4) is 0 Å².